The minimum absolute atomic E-state index is 0. The zero-order valence-corrected chi connectivity index (χ0v) is 17.5. The normalized spacial score (nSPS) is 18.9. The van der Waals surface area contributed by atoms with E-state index < -0.39 is 5.97 Å². The number of hydrogen-bond donors (Lipinski definition) is 1. The zero-order chi connectivity index (χ0) is 18.2. The molecule has 1 aromatic rings. The van der Waals surface area contributed by atoms with Crippen molar-refractivity contribution in [3.05, 3.63) is 24.5 Å². The van der Waals surface area contributed by atoms with Crippen molar-refractivity contribution in [2.45, 2.75) is 31.8 Å². The molecular formula is C18H29Cl2N5O3. The Morgan fingerprint density at radius 1 is 1.04 bits per heavy atom. The van der Waals surface area contributed by atoms with E-state index in [-0.39, 0.29) is 37.4 Å². The largest absolute Gasteiger partial charge is 0.369 e. The van der Waals surface area contributed by atoms with Gasteiger partial charge in [-0.1, -0.05) is 6.42 Å². The minimum atomic E-state index is -0.399. The molecule has 2 aliphatic rings. The Bertz CT molecular complexity index is 582. The van der Waals surface area contributed by atoms with Gasteiger partial charge >= 0.3 is 5.97 Å². The second-order valence-electron chi connectivity index (χ2n) is 6.72. The molecule has 2 saturated heterocycles. The molecular weight excluding hydrogens is 405 g/mol. The Morgan fingerprint density at radius 2 is 1.64 bits per heavy atom. The van der Waals surface area contributed by atoms with Crippen molar-refractivity contribution in [3.63, 3.8) is 0 Å². The number of carbonyl (C=O) groups is 2. The summed E-state index contributed by atoms with van der Waals surface area (Å²) < 4.78 is 0. The quantitative estimate of drug-likeness (QED) is 0.514. The lowest BCUT2D eigenvalue weighted by Gasteiger charge is -2.45. The molecule has 8 nitrogen and oxygen atoms in total. The van der Waals surface area contributed by atoms with E-state index in [9.17, 15) is 9.59 Å². The van der Waals surface area contributed by atoms with E-state index in [2.05, 4.69) is 19.7 Å². The van der Waals surface area contributed by atoms with Crippen LogP contribution in [0.15, 0.2) is 24.5 Å². The van der Waals surface area contributed by atoms with Gasteiger partial charge in [0.1, 0.15) is 0 Å². The average Bonchev–Trinajstić information content (AvgIpc) is 2.72. The summed E-state index contributed by atoms with van der Waals surface area (Å²) in [5, 5.41) is 0. The van der Waals surface area contributed by atoms with Crippen LogP contribution < -0.4 is 10.4 Å². The molecule has 0 saturated carbocycles. The first-order valence-corrected chi connectivity index (χ1v) is 9.30. The maximum atomic E-state index is 12.1. The fourth-order valence-corrected chi connectivity index (χ4v) is 3.82. The number of piperazine rings is 1. The summed E-state index contributed by atoms with van der Waals surface area (Å²) in [6, 6.07) is 4.06. The van der Waals surface area contributed by atoms with Gasteiger partial charge in [-0.05, 0) is 38.1 Å². The number of carbonyl (C=O) groups excluding carboxylic acids is 2. The second kappa shape index (κ2) is 12.8. The van der Waals surface area contributed by atoms with Crippen molar-refractivity contribution >= 4 is 42.9 Å². The van der Waals surface area contributed by atoms with Crippen molar-refractivity contribution in [2.75, 3.05) is 44.2 Å². The first kappa shape index (κ1) is 24.4. The summed E-state index contributed by atoms with van der Waals surface area (Å²) in [5.41, 5.74) is 3.19. The molecule has 3 heterocycles. The number of pyridine rings is 1. The van der Waals surface area contributed by atoms with Crippen molar-refractivity contribution in [1.29, 1.82) is 0 Å². The number of rotatable bonds is 7. The van der Waals surface area contributed by atoms with Gasteiger partial charge in [0.05, 0.1) is 12.6 Å². The Hall–Kier alpha value is -1.61. The molecule has 10 heteroatoms. The molecule has 1 unspecified atom stereocenters. The number of nitrogens with one attached hydrogen (secondary N) is 1. The summed E-state index contributed by atoms with van der Waals surface area (Å²) in [4.78, 5) is 38.4. The predicted molar refractivity (Wildman–Crippen MR) is 112 cm³/mol. The number of piperidine rings is 1. The molecule has 0 aliphatic carbocycles. The van der Waals surface area contributed by atoms with Crippen molar-refractivity contribution in [2.24, 2.45) is 0 Å². The first-order chi connectivity index (χ1) is 12.8. The van der Waals surface area contributed by atoms with Gasteiger partial charge in [0.25, 0.3) is 0 Å². The Morgan fingerprint density at radius 3 is 2.25 bits per heavy atom. The van der Waals surface area contributed by atoms with E-state index >= 15 is 0 Å². The van der Waals surface area contributed by atoms with Crippen molar-refractivity contribution < 1.29 is 14.4 Å². The van der Waals surface area contributed by atoms with Crippen molar-refractivity contribution in [3.8, 4) is 0 Å². The van der Waals surface area contributed by atoms with Crippen LogP contribution in [0.3, 0.4) is 0 Å². The number of hydrogen-bond acceptors (Lipinski definition) is 7. The van der Waals surface area contributed by atoms with Crippen LogP contribution in [0.5, 0.6) is 0 Å². The highest BCUT2D eigenvalue weighted by molar-refractivity contribution is 5.85. The van der Waals surface area contributed by atoms with Gasteiger partial charge in [-0.2, -0.15) is 5.48 Å². The molecule has 2 fully saturated rings. The summed E-state index contributed by atoms with van der Waals surface area (Å²) in [5.74, 6) is -0.399. The maximum absolute atomic E-state index is 12.1. The molecule has 1 amide bonds. The number of nitrogens with zero attached hydrogens (tertiary/aromatic N) is 4. The third-order valence-electron chi connectivity index (χ3n) is 5.15. The van der Waals surface area contributed by atoms with Gasteiger partial charge in [0.15, 0.2) is 0 Å². The lowest BCUT2D eigenvalue weighted by Crippen LogP contribution is -2.57. The lowest BCUT2D eigenvalue weighted by atomic mass is 10.1. The fourth-order valence-electron chi connectivity index (χ4n) is 3.82. The van der Waals surface area contributed by atoms with E-state index in [1.54, 1.807) is 0 Å². The maximum Gasteiger partial charge on any atom is 0.335 e. The number of anilines is 1. The molecule has 28 heavy (non-hydrogen) atoms. The van der Waals surface area contributed by atoms with Gasteiger partial charge in [0.2, 0.25) is 6.41 Å². The average molecular weight is 434 g/mol. The molecule has 1 atom stereocenters. The lowest BCUT2D eigenvalue weighted by molar-refractivity contribution is -0.157. The molecule has 158 valence electrons. The molecule has 0 bridgehead atoms. The number of hydroxylamine groups is 1. The first-order valence-electron chi connectivity index (χ1n) is 9.30. The van der Waals surface area contributed by atoms with Crippen LogP contribution in [-0.2, 0) is 14.4 Å². The summed E-state index contributed by atoms with van der Waals surface area (Å²) in [6.45, 7) is 5.61. The molecule has 0 radical (unpaired) electrons. The van der Waals surface area contributed by atoms with Gasteiger partial charge in [0, 0.05) is 44.3 Å². The van der Waals surface area contributed by atoms with Crippen LogP contribution in [0, 0.1) is 0 Å². The topological polar surface area (TPSA) is 78.0 Å². The van der Waals surface area contributed by atoms with Crippen LogP contribution in [-0.4, -0.2) is 72.6 Å². The highest BCUT2D eigenvalue weighted by atomic mass is 35.5. The Balaban J connectivity index is 0.00000196. The molecule has 0 aromatic carbocycles. The van der Waals surface area contributed by atoms with Crippen molar-refractivity contribution in [1.82, 2.24) is 20.3 Å². The van der Waals surface area contributed by atoms with Gasteiger partial charge < -0.3 is 9.74 Å². The molecule has 3 rings (SSSR count). The van der Waals surface area contributed by atoms with Crippen LogP contribution in [0.1, 0.15) is 25.7 Å². The zero-order valence-electron chi connectivity index (χ0n) is 15.9. The fraction of sp³-hybridized carbons (Fsp3) is 0.611. The summed E-state index contributed by atoms with van der Waals surface area (Å²) in [6.07, 6.45) is 7.86. The minimum Gasteiger partial charge on any atom is -0.369 e. The summed E-state index contributed by atoms with van der Waals surface area (Å²) in [7, 11) is 0. The van der Waals surface area contributed by atoms with E-state index in [1.165, 1.54) is 12.1 Å². The Kier molecular flexibility index (Phi) is 11.1. The predicted octanol–water partition coefficient (Wildman–Crippen LogP) is 1.45. The van der Waals surface area contributed by atoms with E-state index in [0.29, 0.717) is 6.41 Å². The number of amides is 1. The third-order valence-corrected chi connectivity index (χ3v) is 5.15. The van der Waals surface area contributed by atoms with Gasteiger partial charge in [-0.25, -0.2) is 4.79 Å². The van der Waals surface area contributed by atoms with E-state index in [4.69, 9.17) is 4.84 Å². The smallest absolute Gasteiger partial charge is 0.335 e. The molecule has 1 aromatic heterocycles. The SMILES string of the molecule is Cl.Cl.O=CNOC(=O)CC(N1CCCCC1)N1CCN(c2ccncc2)CC1. The molecule has 2 aliphatic heterocycles. The van der Waals surface area contributed by atoms with Gasteiger partial charge in [-0.15, -0.1) is 24.8 Å². The van der Waals surface area contributed by atoms with Crippen LogP contribution in [0.2, 0.25) is 0 Å². The monoisotopic (exact) mass is 433 g/mol. The molecule has 1 N–H and O–H groups in total. The number of likely N-dealkylation sites (tertiary alicyclic amines) is 1. The van der Waals surface area contributed by atoms with E-state index in [1.807, 2.05) is 30.0 Å². The molecule has 0 spiro atoms. The Labute approximate surface area is 178 Å². The second-order valence-corrected chi connectivity index (χ2v) is 6.72. The summed E-state index contributed by atoms with van der Waals surface area (Å²) >= 11 is 0. The third kappa shape index (κ3) is 6.77. The standard InChI is InChI=1S/C18H27N5O3.2ClH/c24-15-20-26-18(25)14-17(22-8-2-1-3-9-22)23-12-10-21(11-13-23)16-4-6-19-7-5-16;;/h4-7,15,17H,1-3,8-14H2,(H,20,24);2*1H. The van der Waals surface area contributed by atoms with Crippen LogP contribution in [0.4, 0.5) is 5.69 Å². The van der Waals surface area contributed by atoms with E-state index in [0.717, 1.165) is 52.1 Å². The van der Waals surface area contributed by atoms with Gasteiger partial charge in [-0.3, -0.25) is 19.6 Å². The number of aromatic nitrogens is 1. The van der Waals surface area contributed by atoms with Crippen LogP contribution >= 0.6 is 24.8 Å². The highest BCUT2D eigenvalue weighted by Crippen LogP contribution is 2.21. The number of halogens is 2. The van der Waals surface area contributed by atoms with Crippen LogP contribution in [0.25, 0.3) is 0 Å². The highest BCUT2D eigenvalue weighted by Gasteiger charge is 2.31.